The number of hydrogen-bond acceptors (Lipinski definition) is 6. The van der Waals surface area contributed by atoms with E-state index in [9.17, 15) is 8.42 Å². The Morgan fingerprint density at radius 3 is 2.58 bits per heavy atom. The lowest BCUT2D eigenvalue weighted by molar-refractivity contribution is 0.174. The molecule has 8 heteroatoms. The lowest BCUT2D eigenvalue weighted by Crippen LogP contribution is -2.33. The highest BCUT2D eigenvalue weighted by molar-refractivity contribution is 7.99. The Balaban J connectivity index is 1.60. The molecule has 1 aliphatic rings. The molecule has 0 fully saturated rings. The summed E-state index contributed by atoms with van der Waals surface area (Å²) in [4.78, 5) is 3.29. The SMILES string of the molecule is NS(=O)(=O)CCN(CCSc1ccccc1)Cc1ccc2c(c1)OCO2. The van der Waals surface area contributed by atoms with E-state index in [1.807, 2.05) is 36.4 Å². The summed E-state index contributed by atoms with van der Waals surface area (Å²) < 4.78 is 33.4. The minimum atomic E-state index is -3.49. The summed E-state index contributed by atoms with van der Waals surface area (Å²) in [5.41, 5.74) is 1.05. The van der Waals surface area contributed by atoms with Gasteiger partial charge >= 0.3 is 0 Å². The first-order chi connectivity index (χ1) is 12.5. The van der Waals surface area contributed by atoms with Gasteiger partial charge in [0.15, 0.2) is 11.5 Å². The van der Waals surface area contributed by atoms with Crippen LogP contribution in [0.5, 0.6) is 11.5 Å². The highest BCUT2D eigenvalue weighted by Crippen LogP contribution is 2.32. The molecule has 140 valence electrons. The van der Waals surface area contributed by atoms with E-state index in [0.717, 1.165) is 29.4 Å². The molecule has 1 heterocycles. The van der Waals surface area contributed by atoms with Crippen LogP contribution in [-0.4, -0.2) is 44.7 Å². The molecule has 0 atom stereocenters. The molecule has 2 N–H and O–H groups in total. The molecular weight excluding hydrogens is 372 g/mol. The van der Waals surface area contributed by atoms with Gasteiger partial charge in [-0.25, -0.2) is 13.6 Å². The van der Waals surface area contributed by atoms with Gasteiger partial charge in [0.05, 0.1) is 5.75 Å². The van der Waals surface area contributed by atoms with Gasteiger partial charge in [-0.1, -0.05) is 24.3 Å². The van der Waals surface area contributed by atoms with Gasteiger partial charge in [0.25, 0.3) is 0 Å². The molecule has 0 bridgehead atoms. The monoisotopic (exact) mass is 394 g/mol. The van der Waals surface area contributed by atoms with Crippen LogP contribution in [0.4, 0.5) is 0 Å². The average Bonchev–Trinajstić information content (AvgIpc) is 3.07. The van der Waals surface area contributed by atoms with Crippen LogP contribution < -0.4 is 14.6 Å². The second kappa shape index (κ2) is 8.77. The summed E-state index contributed by atoms with van der Waals surface area (Å²) >= 11 is 1.75. The van der Waals surface area contributed by atoms with Crippen molar-refractivity contribution in [1.82, 2.24) is 4.90 Å². The van der Waals surface area contributed by atoms with E-state index in [4.69, 9.17) is 14.6 Å². The molecule has 0 amide bonds. The predicted molar refractivity (Wildman–Crippen MR) is 103 cm³/mol. The Morgan fingerprint density at radius 1 is 1.04 bits per heavy atom. The third kappa shape index (κ3) is 5.91. The summed E-state index contributed by atoms with van der Waals surface area (Å²) in [6, 6.07) is 15.9. The summed E-state index contributed by atoms with van der Waals surface area (Å²) in [7, 11) is -3.49. The molecule has 3 rings (SSSR count). The molecule has 0 aromatic heterocycles. The summed E-state index contributed by atoms with van der Waals surface area (Å²) in [6.45, 7) is 2.01. The lowest BCUT2D eigenvalue weighted by atomic mass is 10.2. The van der Waals surface area contributed by atoms with Gasteiger partial charge in [-0.2, -0.15) is 0 Å². The minimum absolute atomic E-state index is 0.0619. The third-order valence-corrected chi connectivity index (χ3v) is 5.70. The van der Waals surface area contributed by atoms with Crippen molar-refractivity contribution in [1.29, 1.82) is 0 Å². The third-order valence-electron chi connectivity index (χ3n) is 3.95. The van der Waals surface area contributed by atoms with Crippen molar-refractivity contribution in [3.8, 4) is 11.5 Å². The van der Waals surface area contributed by atoms with E-state index in [1.165, 1.54) is 4.90 Å². The van der Waals surface area contributed by atoms with E-state index in [1.54, 1.807) is 11.8 Å². The van der Waals surface area contributed by atoms with E-state index in [-0.39, 0.29) is 12.5 Å². The zero-order chi connectivity index (χ0) is 18.4. The smallest absolute Gasteiger partial charge is 0.231 e. The largest absolute Gasteiger partial charge is 0.454 e. The molecule has 0 saturated carbocycles. The Bertz CT molecular complexity index is 828. The van der Waals surface area contributed by atoms with Crippen LogP contribution in [0.1, 0.15) is 5.56 Å². The number of primary sulfonamides is 1. The Kier molecular flexibility index (Phi) is 6.42. The summed E-state index contributed by atoms with van der Waals surface area (Å²) in [5.74, 6) is 2.27. The zero-order valence-corrected chi connectivity index (χ0v) is 16.0. The number of nitrogens with zero attached hydrogens (tertiary/aromatic N) is 1. The van der Waals surface area contributed by atoms with Gasteiger partial charge in [-0.05, 0) is 29.8 Å². The second-order valence-electron chi connectivity index (χ2n) is 5.99. The molecule has 1 aliphatic heterocycles. The highest BCUT2D eigenvalue weighted by Gasteiger charge is 2.15. The maximum atomic E-state index is 11.3. The Hall–Kier alpha value is -1.74. The second-order valence-corrected chi connectivity index (χ2v) is 8.89. The molecule has 0 spiro atoms. The van der Waals surface area contributed by atoms with E-state index in [2.05, 4.69) is 17.0 Å². The first-order valence-electron chi connectivity index (χ1n) is 8.29. The number of hydrogen-bond donors (Lipinski definition) is 1. The molecule has 26 heavy (non-hydrogen) atoms. The fourth-order valence-electron chi connectivity index (χ4n) is 2.63. The number of nitrogens with two attached hydrogens (primary N) is 1. The highest BCUT2D eigenvalue weighted by atomic mass is 32.2. The van der Waals surface area contributed by atoms with Crippen LogP contribution in [-0.2, 0) is 16.6 Å². The summed E-state index contributed by atoms with van der Waals surface area (Å²) in [6.07, 6.45) is 0. The normalized spacial score (nSPS) is 13.3. The van der Waals surface area contributed by atoms with Crippen LogP contribution in [0.15, 0.2) is 53.4 Å². The quantitative estimate of drug-likeness (QED) is 0.657. The van der Waals surface area contributed by atoms with Gasteiger partial charge in [-0.3, -0.25) is 4.90 Å². The molecule has 0 unspecified atom stereocenters. The van der Waals surface area contributed by atoms with Gasteiger partial charge in [0.2, 0.25) is 16.8 Å². The van der Waals surface area contributed by atoms with Gasteiger partial charge < -0.3 is 9.47 Å². The van der Waals surface area contributed by atoms with Gasteiger partial charge in [-0.15, -0.1) is 11.8 Å². The van der Waals surface area contributed by atoms with Crippen molar-refractivity contribution in [2.45, 2.75) is 11.4 Å². The fourth-order valence-corrected chi connectivity index (χ4v) is 4.08. The molecule has 0 saturated heterocycles. The molecule has 2 aromatic rings. The van der Waals surface area contributed by atoms with E-state index >= 15 is 0 Å². The molecule has 2 aromatic carbocycles. The maximum Gasteiger partial charge on any atom is 0.231 e. The zero-order valence-electron chi connectivity index (χ0n) is 14.3. The average molecular weight is 395 g/mol. The molecule has 6 nitrogen and oxygen atoms in total. The van der Waals surface area contributed by atoms with Crippen LogP contribution in [0.3, 0.4) is 0 Å². The van der Waals surface area contributed by atoms with Crippen LogP contribution in [0, 0.1) is 0 Å². The molecular formula is C18H22N2O4S2. The van der Waals surface area contributed by atoms with Crippen molar-refractivity contribution in [2.75, 3.05) is 31.4 Å². The molecule has 0 aliphatic carbocycles. The fraction of sp³-hybridized carbons (Fsp3) is 0.333. The minimum Gasteiger partial charge on any atom is -0.454 e. The lowest BCUT2D eigenvalue weighted by Gasteiger charge is -2.22. The van der Waals surface area contributed by atoms with Gasteiger partial charge in [0, 0.05) is 30.3 Å². The topological polar surface area (TPSA) is 81.9 Å². The number of benzene rings is 2. The van der Waals surface area contributed by atoms with Crippen molar-refractivity contribution < 1.29 is 17.9 Å². The number of fused-ring (bicyclic) bond motifs is 1. The molecule has 0 radical (unpaired) electrons. The standard InChI is InChI=1S/C18H22N2O4S2/c19-26(21,22)11-9-20(8-10-25-16-4-2-1-3-5-16)13-15-6-7-17-18(12-15)24-14-23-17/h1-7,12H,8-11,13-14H2,(H2,19,21,22). The van der Waals surface area contributed by atoms with Crippen molar-refractivity contribution in [2.24, 2.45) is 5.14 Å². The number of rotatable bonds is 9. The van der Waals surface area contributed by atoms with Crippen molar-refractivity contribution >= 4 is 21.8 Å². The van der Waals surface area contributed by atoms with Crippen LogP contribution in [0.2, 0.25) is 0 Å². The van der Waals surface area contributed by atoms with Gasteiger partial charge in [0.1, 0.15) is 0 Å². The van der Waals surface area contributed by atoms with Crippen molar-refractivity contribution in [3.63, 3.8) is 0 Å². The Labute approximate surface area is 158 Å². The maximum absolute atomic E-state index is 11.3. The van der Waals surface area contributed by atoms with Crippen LogP contribution in [0.25, 0.3) is 0 Å². The first-order valence-corrected chi connectivity index (χ1v) is 11.0. The number of ether oxygens (including phenoxy) is 2. The van der Waals surface area contributed by atoms with E-state index in [0.29, 0.717) is 13.1 Å². The Morgan fingerprint density at radius 2 is 1.81 bits per heavy atom. The van der Waals surface area contributed by atoms with Crippen LogP contribution >= 0.6 is 11.8 Å². The predicted octanol–water partition coefficient (Wildman–Crippen LogP) is 2.30. The number of thioether (sulfide) groups is 1. The van der Waals surface area contributed by atoms with E-state index < -0.39 is 10.0 Å². The van der Waals surface area contributed by atoms with Crippen molar-refractivity contribution in [3.05, 3.63) is 54.1 Å². The summed E-state index contributed by atoms with van der Waals surface area (Å²) in [5, 5.41) is 5.17. The first kappa shape index (κ1) is 19.0. The number of sulfonamides is 1.